The standard InChI is InChI=1S/C29H44ClNO6/c1-6-10-22(26(33)37-28(3,4)5)18-29(15-8-9-16-29)27(34)31-24(17-25(32)36-7-2)20-35-19-21-11-13-23(30)14-12-21/h11-14,22,24H,6-10,15-20H2,1-5H3,(H,31,34)/t22-,24+/m1/s1. The van der Waals surface area contributed by atoms with E-state index >= 15 is 0 Å². The molecule has 2 rings (SSSR count). The van der Waals surface area contributed by atoms with Crippen LogP contribution in [0.2, 0.25) is 5.02 Å². The normalized spacial score (nSPS) is 16.6. The molecule has 1 aromatic carbocycles. The predicted molar refractivity (Wildman–Crippen MR) is 144 cm³/mol. The van der Waals surface area contributed by atoms with E-state index < -0.39 is 17.1 Å². The summed E-state index contributed by atoms with van der Waals surface area (Å²) in [5, 5.41) is 3.73. The summed E-state index contributed by atoms with van der Waals surface area (Å²) >= 11 is 5.95. The number of hydrogen-bond acceptors (Lipinski definition) is 6. The van der Waals surface area contributed by atoms with Crippen molar-refractivity contribution in [3.8, 4) is 0 Å². The Bertz CT molecular complexity index is 873. The Balaban J connectivity index is 2.13. The minimum atomic E-state index is -0.667. The van der Waals surface area contributed by atoms with E-state index in [0.717, 1.165) is 24.8 Å². The lowest BCUT2D eigenvalue weighted by atomic mass is 9.75. The summed E-state index contributed by atoms with van der Waals surface area (Å²) in [6.07, 6.45) is 5.22. The van der Waals surface area contributed by atoms with Crippen LogP contribution in [0, 0.1) is 11.3 Å². The zero-order chi connectivity index (χ0) is 27.5. The molecule has 1 fully saturated rings. The van der Waals surface area contributed by atoms with Crippen LogP contribution in [0.4, 0.5) is 0 Å². The third-order valence-corrected chi connectivity index (χ3v) is 6.86. The van der Waals surface area contributed by atoms with Crippen LogP contribution in [0.5, 0.6) is 0 Å². The maximum atomic E-state index is 13.7. The van der Waals surface area contributed by atoms with Gasteiger partial charge in [0.2, 0.25) is 5.91 Å². The van der Waals surface area contributed by atoms with Crippen molar-refractivity contribution >= 4 is 29.4 Å². The first-order chi connectivity index (χ1) is 17.5. The Morgan fingerprint density at radius 3 is 2.30 bits per heavy atom. The molecule has 1 N–H and O–H groups in total. The molecule has 8 heteroatoms. The van der Waals surface area contributed by atoms with E-state index in [-0.39, 0.29) is 43.4 Å². The van der Waals surface area contributed by atoms with E-state index in [4.69, 9.17) is 25.8 Å². The molecule has 37 heavy (non-hydrogen) atoms. The van der Waals surface area contributed by atoms with E-state index in [2.05, 4.69) is 5.32 Å². The molecule has 1 aliphatic rings. The summed E-state index contributed by atoms with van der Waals surface area (Å²) in [7, 11) is 0. The van der Waals surface area contributed by atoms with Crippen LogP contribution in [-0.4, -0.2) is 42.7 Å². The second-order valence-corrected chi connectivity index (χ2v) is 11.5. The fraction of sp³-hybridized carbons (Fsp3) is 0.690. The Morgan fingerprint density at radius 2 is 1.73 bits per heavy atom. The second-order valence-electron chi connectivity index (χ2n) is 11.0. The van der Waals surface area contributed by atoms with Crippen LogP contribution in [0.25, 0.3) is 0 Å². The van der Waals surface area contributed by atoms with Gasteiger partial charge in [0, 0.05) is 5.02 Å². The average molecular weight is 538 g/mol. The third kappa shape index (κ3) is 10.6. The summed E-state index contributed by atoms with van der Waals surface area (Å²) in [5.74, 6) is -1.11. The highest BCUT2D eigenvalue weighted by atomic mass is 35.5. The van der Waals surface area contributed by atoms with Gasteiger partial charge in [-0.05, 0) is 71.1 Å². The highest BCUT2D eigenvalue weighted by Gasteiger charge is 2.45. The number of halogens is 1. The summed E-state index contributed by atoms with van der Waals surface area (Å²) in [4.78, 5) is 39.0. The van der Waals surface area contributed by atoms with Gasteiger partial charge in [0.25, 0.3) is 0 Å². The van der Waals surface area contributed by atoms with Crippen molar-refractivity contribution in [1.82, 2.24) is 5.32 Å². The van der Waals surface area contributed by atoms with Crippen molar-refractivity contribution in [3.05, 3.63) is 34.9 Å². The Hall–Kier alpha value is -2.12. The molecule has 1 amide bonds. The summed E-state index contributed by atoms with van der Waals surface area (Å²) in [6, 6.07) is 6.79. The zero-order valence-corrected chi connectivity index (χ0v) is 23.8. The van der Waals surface area contributed by atoms with Crippen LogP contribution in [0.15, 0.2) is 24.3 Å². The molecule has 0 spiro atoms. The molecule has 0 saturated heterocycles. The first-order valence-electron chi connectivity index (χ1n) is 13.5. The average Bonchev–Trinajstić information content (AvgIpc) is 3.29. The number of rotatable bonds is 14. The number of nitrogens with one attached hydrogen (secondary N) is 1. The largest absolute Gasteiger partial charge is 0.466 e. The van der Waals surface area contributed by atoms with E-state index in [9.17, 15) is 14.4 Å². The SMILES string of the molecule is CCC[C@H](CC1(C(=O)N[C@H](COCc2ccc(Cl)cc2)CC(=O)OCC)CCCC1)C(=O)OC(C)(C)C. The molecule has 0 bridgehead atoms. The molecule has 1 aliphatic carbocycles. The number of carbonyl (C=O) groups excluding carboxylic acids is 3. The minimum Gasteiger partial charge on any atom is -0.466 e. The molecule has 1 saturated carbocycles. The quantitative estimate of drug-likeness (QED) is 0.292. The van der Waals surface area contributed by atoms with Crippen molar-refractivity contribution in [2.75, 3.05) is 13.2 Å². The highest BCUT2D eigenvalue weighted by molar-refractivity contribution is 6.30. The van der Waals surface area contributed by atoms with Crippen LogP contribution < -0.4 is 5.32 Å². The minimum absolute atomic E-state index is 0.0146. The molecular formula is C29H44ClNO6. The van der Waals surface area contributed by atoms with Gasteiger partial charge in [0.1, 0.15) is 5.60 Å². The van der Waals surface area contributed by atoms with E-state index in [1.165, 1.54) is 0 Å². The summed E-state index contributed by atoms with van der Waals surface area (Å²) in [5.41, 5.74) is -0.308. The topological polar surface area (TPSA) is 90.9 Å². The second kappa shape index (κ2) is 14.7. The van der Waals surface area contributed by atoms with Crippen molar-refractivity contribution in [3.63, 3.8) is 0 Å². The van der Waals surface area contributed by atoms with Gasteiger partial charge in [-0.15, -0.1) is 0 Å². The zero-order valence-electron chi connectivity index (χ0n) is 23.1. The molecular weight excluding hydrogens is 494 g/mol. The van der Waals surface area contributed by atoms with Crippen molar-refractivity contribution in [2.24, 2.45) is 11.3 Å². The Kier molecular flexibility index (Phi) is 12.4. The number of hydrogen-bond donors (Lipinski definition) is 1. The molecule has 7 nitrogen and oxygen atoms in total. The number of benzene rings is 1. The lowest BCUT2D eigenvalue weighted by molar-refractivity contribution is -0.162. The third-order valence-electron chi connectivity index (χ3n) is 6.61. The molecule has 1 aromatic rings. The van der Waals surface area contributed by atoms with E-state index in [1.54, 1.807) is 19.1 Å². The Morgan fingerprint density at radius 1 is 1.08 bits per heavy atom. The predicted octanol–water partition coefficient (Wildman–Crippen LogP) is 6.00. The highest BCUT2D eigenvalue weighted by Crippen LogP contribution is 2.45. The molecule has 0 unspecified atom stereocenters. The lowest BCUT2D eigenvalue weighted by Gasteiger charge is -2.34. The van der Waals surface area contributed by atoms with Gasteiger partial charge in [-0.2, -0.15) is 0 Å². The molecule has 208 valence electrons. The van der Waals surface area contributed by atoms with Gasteiger partial charge in [0.15, 0.2) is 0 Å². The molecule has 0 radical (unpaired) electrons. The van der Waals surface area contributed by atoms with Crippen molar-refractivity contribution < 1.29 is 28.6 Å². The van der Waals surface area contributed by atoms with Crippen LogP contribution in [0.3, 0.4) is 0 Å². The number of esters is 2. The molecule has 0 aromatic heterocycles. The van der Waals surface area contributed by atoms with Gasteiger partial charge in [-0.3, -0.25) is 14.4 Å². The van der Waals surface area contributed by atoms with Gasteiger partial charge in [-0.25, -0.2) is 0 Å². The monoisotopic (exact) mass is 537 g/mol. The lowest BCUT2D eigenvalue weighted by Crippen LogP contribution is -2.48. The molecule has 2 atom stereocenters. The number of carbonyl (C=O) groups is 3. The van der Waals surface area contributed by atoms with Crippen LogP contribution in [-0.2, 0) is 35.2 Å². The first-order valence-corrected chi connectivity index (χ1v) is 13.9. The van der Waals surface area contributed by atoms with Crippen LogP contribution >= 0.6 is 11.6 Å². The van der Waals surface area contributed by atoms with Gasteiger partial charge in [-0.1, -0.05) is 49.9 Å². The van der Waals surface area contributed by atoms with Crippen molar-refractivity contribution in [1.29, 1.82) is 0 Å². The molecule has 0 heterocycles. The number of ether oxygens (including phenoxy) is 3. The summed E-state index contributed by atoms with van der Waals surface area (Å²) < 4.78 is 16.7. The fourth-order valence-corrected chi connectivity index (χ4v) is 5.02. The van der Waals surface area contributed by atoms with Gasteiger partial charge in [0.05, 0.1) is 43.6 Å². The number of amides is 1. The summed E-state index contributed by atoms with van der Waals surface area (Å²) in [6.45, 7) is 10.1. The smallest absolute Gasteiger partial charge is 0.309 e. The first kappa shape index (κ1) is 31.1. The van der Waals surface area contributed by atoms with E-state index in [0.29, 0.717) is 37.3 Å². The van der Waals surface area contributed by atoms with Gasteiger partial charge >= 0.3 is 11.9 Å². The van der Waals surface area contributed by atoms with Gasteiger partial charge < -0.3 is 19.5 Å². The fourth-order valence-electron chi connectivity index (χ4n) is 4.90. The van der Waals surface area contributed by atoms with Crippen LogP contribution in [0.1, 0.15) is 91.5 Å². The molecule has 0 aliphatic heterocycles. The van der Waals surface area contributed by atoms with Crippen molar-refractivity contribution in [2.45, 2.75) is 104 Å². The Labute approximate surface area is 226 Å². The maximum absolute atomic E-state index is 13.7. The van der Waals surface area contributed by atoms with E-state index in [1.807, 2.05) is 39.8 Å². The maximum Gasteiger partial charge on any atom is 0.309 e.